The van der Waals surface area contributed by atoms with E-state index in [1.54, 1.807) is 30.5 Å². The molecule has 1 aromatic carbocycles. The van der Waals surface area contributed by atoms with Crippen molar-refractivity contribution in [3.8, 4) is 0 Å². The van der Waals surface area contributed by atoms with E-state index in [0.717, 1.165) is 22.7 Å². The molecule has 6 heteroatoms. The van der Waals surface area contributed by atoms with Crippen LogP contribution in [-0.4, -0.2) is 19.7 Å². The minimum absolute atomic E-state index is 0.0152. The number of pyridine rings is 1. The van der Waals surface area contributed by atoms with Gasteiger partial charge >= 0.3 is 0 Å². The Balaban J connectivity index is 2.31. The largest absolute Gasteiger partial charge is 0.265 e. The molecule has 0 fully saturated rings. The fourth-order valence-corrected chi connectivity index (χ4v) is 1.94. The number of benzene rings is 1. The lowest BCUT2D eigenvalue weighted by Crippen LogP contribution is -2.02. The average Bonchev–Trinajstić information content (AvgIpc) is 2.24. The van der Waals surface area contributed by atoms with Crippen molar-refractivity contribution in [1.82, 2.24) is 4.98 Å². The highest BCUT2D eigenvalue weighted by Gasteiger charge is 2.04. The summed E-state index contributed by atoms with van der Waals surface area (Å²) in [7, 11) is -3.43. The van der Waals surface area contributed by atoms with E-state index in [2.05, 4.69) is 4.98 Å². The van der Waals surface area contributed by atoms with Crippen LogP contribution in [0.5, 0.6) is 0 Å². The first-order valence-corrected chi connectivity index (χ1v) is 7.02. The van der Waals surface area contributed by atoms with Crippen LogP contribution >= 0.6 is 11.6 Å². The van der Waals surface area contributed by atoms with Gasteiger partial charge in [-0.3, -0.25) is 9.17 Å². The van der Waals surface area contributed by atoms with Gasteiger partial charge in [-0.25, -0.2) is 0 Å². The van der Waals surface area contributed by atoms with Crippen LogP contribution in [0.4, 0.5) is 0 Å². The molecule has 0 atom stereocenters. The Morgan fingerprint density at radius 2 is 2.12 bits per heavy atom. The van der Waals surface area contributed by atoms with Crippen LogP contribution in [0, 0.1) is 0 Å². The lowest BCUT2D eigenvalue weighted by molar-refractivity contribution is 0.312. The van der Waals surface area contributed by atoms with Gasteiger partial charge in [-0.1, -0.05) is 17.7 Å². The molecule has 0 saturated heterocycles. The minimum Gasteiger partial charge on any atom is -0.265 e. The summed E-state index contributed by atoms with van der Waals surface area (Å²) < 4.78 is 26.4. The minimum atomic E-state index is -3.43. The van der Waals surface area contributed by atoms with Crippen molar-refractivity contribution < 1.29 is 12.6 Å². The van der Waals surface area contributed by atoms with Gasteiger partial charge in [0.15, 0.2) is 0 Å². The van der Waals surface area contributed by atoms with Gasteiger partial charge in [-0.2, -0.15) is 8.42 Å². The lowest BCUT2D eigenvalue weighted by Gasteiger charge is -2.03. The van der Waals surface area contributed by atoms with E-state index in [1.165, 1.54) is 0 Å². The molecule has 0 radical (unpaired) electrons. The number of halogens is 1. The molecule has 0 aliphatic carbocycles. The summed E-state index contributed by atoms with van der Waals surface area (Å²) in [6.45, 7) is 0.0152. The summed E-state index contributed by atoms with van der Waals surface area (Å²) in [5, 5.41) is 1.39. The highest BCUT2D eigenvalue weighted by Crippen LogP contribution is 2.18. The Kier molecular flexibility index (Phi) is 3.33. The van der Waals surface area contributed by atoms with Gasteiger partial charge in [0.05, 0.1) is 23.4 Å². The first kappa shape index (κ1) is 12.3. The second-order valence-electron chi connectivity index (χ2n) is 3.65. The molecule has 0 aliphatic rings. The van der Waals surface area contributed by atoms with Gasteiger partial charge in [0.1, 0.15) is 0 Å². The van der Waals surface area contributed by atoms with Crippen molar-refractivity contribution in [2.75, 3.05) is 6.26 Å². The molecule has 0 bridgehead atoms. The standard InChI is InChI=1S/C11H10ClNO3S/c1-17(14,15)16-7-8-2-3-11-9(4-8)5-10(12)6-13-11/h2-6H,7H2,1H3. The van der Waals surface area contributed by atoms with Crippen LogP contribution in [0.1, 0.15) is 5.56 Å². The van der Waals surface area contributed by atoms with Gasteiger partial charge in [-0.15, -0.1) is 0 Å². The smallest absolute Gasteiger partial charge is 0.264 e. The van der Waals surface area contributed by atoms with E-state index in [0.29, 0.717) is 5.02 Å². The van der Waals surface area contributed by atoms with Gasteiger partial charge in [0, 0.05) is 11.6 Å². The van der Waals surface area contributed by atoms with E-state index in [9.17, 15) is 8.42 Å². The quantitative estimate of drug-likeness (QED) is 0.804. The van der Waals surface area contributed by atoms with Gasteiger partial charge < -0.3 is 0 Å². The first-order chi connectivity index (χ1) is 7.94. The van der Waals surface area contributed by atoms with Crippen LogP contribution in [0.3, 0.4) is 0 Å². The van der Waals surface area contributed by atoms with Crippen LogP contribution in [0.2, 0.25) is 5.02 Å². The zero-order valence-corrected chi connectivity index (χ0v) is 10.6. The van der Waals surface area contributed by atoms with Gasteiger partial charge in [-0.05, 0) is 23.8 Å². The van der Waals surface area contributed by atoms with Crippen molar-refractivity contribution in [1.29, 1.82) is 0 Å². The Labute approximate surface area is 104 Å². The number of aromatic nitrogens is 1. The molecule has 17 heavy (non-hydrogen) atoms. The summed E-state index contributed by atoms with van der Waals surface area (Å²) in [6, 6.07) is 7.15. The van der Waals surface area contributed by atoms with E-state index >= 15 is 0 Å². The number of rotatable bonds is 3. The topological polar surface area (TPSA) is 56.3 Å². The highest BCUT2D eigenvalue weighted by atomic mass is 35.5. The molecular formula is C11H10ClNO3S. The Bertz CT molecular complexity index is 655. The number of fused-ring (bicyclic) bond motifs is 1. The third kappa shape index (κ3) is 3.39. The molecule has 2 rings (SSSR count). The number of nitrogens with zero attached hydrogens (tertiary/aromatic N) is 1. The summed E-state index contributed by atoms with van der Waals surface area (Å²) >= 11 is 5.83. The van der Waals surface area contributed by atoms with Crippen molar-refractivity contribution >= 4 is 32.6 Å². The number of hydrogen-bond acceptors (Lipinski definition) is 4. The molecule has 0 saturated carbocycles. The average molecular weight is 272 g/mol. The van der Waals surface area contributed by atoms with Gasteiger partial charge in [0.25, 0.3) is 10.1 Å². The maximum atomic E-state index is 10.9. The third-order valence-electron chi connectivity index (χ3n) is 2.15. The molecular weight excluding hydrogens is 262 g/mol. The molecule has 0 spiro atoms. The molecule has 2 aromatic rings. The maximum absolute atomic E-state index is 10.9. The van der Waals surface area contributed by atoms with Crippen molar-refractivity contribution in [2.24, 2.45) is 0 Å². The Hall–Kier alpha value is -1.17. The lowest BCUT2D eigenvalue weighted by atomic mass is 10.1. The molecule has 0 N–H and O–H groups in total. The van der Waals surface area contributed by atoms with E-state index in [-0.39, 0.29) is 6.61 Å². The normalized spacial score (nSPS) is 11.9. The molecule has 4 nitrogen and oxygen atoms in total. The highest BCUT2D eigenvalue weighted by molar-refractivity contribution is 7.85. The van der Waals surface area contributed by atoms with Crippen molar-refractivity contribution in [3.05, 3.63) is 41.0 Å². The molecule has 0 unspecified atom stereocenters. The predicted molar refractivity (Wildman–Crippen MR) is 66.4 cm³/mol. The molecule has 0 amide bonds. The van der Waals surface area contributed by atoms with Crippen LogP contribution in [0.25, 0.3) is 10.9 Å². The summed E-state index contributed by atoms with van der Waals surface area (Å²) in [5.41, 5.74) is 1.56. The maximum Gasteiger partial charge on any atom is 0.264 e. The van der Waals surface area contributed by atoms with Crippen LogP contribution < -0.4 is 0 Å². The number of hydrogen-bond donors (Lipinski definition) is 0. The second kappa shape index (κ2) is 4.60. The SMILES string of the molecule is CS(=O)(=O)OCc1ccc2ncc(Cl)cc2c1. The zero-order valence-electron chi connectivity index (χ0n) is 9.05. The fraction of sp³-hybridized carbons (Fsp3) is 0.182. The molecule has 90 valence electrons. The van der Waals surface area contributed by atoms with Crippen molar-refractivity contribution in [2.45, 2.75) is 6.61 Å². The monoisotopic (exact) mass is 271 g/mol. The second-order valence-corrected chi connectivity index (χ2v) is 5.73. The summed E-state index contributed by atoms with van der Waals surface area (Å²) in [5.74, 6) is 0. The first-order valence-electron chi connectivity index (χ1n) is 4.83. The third-order valence-corrected chi connectivity index (χ3v) is 2.90. The molecule has 1 heterocycles. The Morgan fingerprint density at radius 3 is 2.82 bits per heavy atom. The Morgan fingerprint density at radius 1 is 1.35 bits per heavy atom. The summed E-state index contributed by atoms with van der Waals surface area (Å²) in [6.07, 6.45) is 2.59. The summed E-state index contributed by atoms with van der Waals surface area (Å²) in [4.78, 5) is 4.14. The van der Waals surface area contributed by atoms with E-state index in [4.69, 9.17) is 15.8 Å². The zero-order chi connectivity index (χ0) is 12.5. The van der Waals surface area contributed by atoms with E-state index in [1.807, 2.05) is 0 Å². The van der Waals surface area contributed by atoms with Gasteiger partial charge in [0.2, 0.25) is 0 Å². The van der Waals surface area contributed by atoms with Crippen LogP contribution in [0.15, 0.2) is 30.5 Å². The fourth-order valence-electron chi connectivity index (χ4n) is 1.42. The van der Waals surface area contributed by atoms with E-state index < -0.39 is 10.1 Å². The molecule has 1 aromatic heterocycles. The van der Waals surface area contributed by atoms with Crippen LogP contribution in [-0.2, 0) is 20.9 Å². The molecule has 0 aliphatic heterocycles. The predicted octanol–water partition coefficient (Wildman–Crippen LogP) is 2.36. The van der Waals surface area contributed by atoms with Crippen molar-refractivity contribution in [3.63, 3.8) is 0 Å².